The van der Waals surface area contributed by atoms with E-state index in [-0.39, 0.29) is 17.6 Å². The molecule has 6 atom stereocenters. The Morgan fingerprint density at radius 2 is 1.91 bits per heavy atom. The smallest absolute Gasteiger partial charge is 0.114 e. The third-order valence-corrected chi connectivity index (χ3v) is 9.93. The number of aliphatic imine (C=N–C) groups is 1. The lowest BCUT2D eigenvalue weighted by Crippen LogP contribution is -2.63. The van der Waals surface area contributed by atoms with Gasteiger partial charge in [-0.1, -0.05) is 32.3 Å². The molecule has 1 saturated carbocycles. The van der Waals surface area contributed by atoms with Crippen LogP contribution < -0.4 is 16.0 Å². The van der Waals surface area contributed by atoms with Gasteiger partial charge in [0.15, 0.2) is 0 Å². The van der Waals surface area contributed by atoms with Gasteiger partial charge in [0.1, 0.15) is 11.7 Å². The first-order chi connectivity index (χ1) is 16.1. The normalized spacial score (nSPS) is 34.6. The number of rotatable bonds is 6. The summed E-state index contributed by atoms with van der Waals surface area (Å²) in [5.41, 5.74) is 3.23. The topological polar surface area (TPSA) is 75.5 Å². The van der Waals surface area contributed by atoms with Crippen molar-refractivity contribution in [3.63, 3.8) is 0 Å². The molecule has 1 unspecified atom stereocenters. The lowest BCUT2D eigenvalue weighted by Gasteiger charge is -2.42. The first-order valence-electron chi connectivity index (χ1n) is 13.8. The molecule has 3 fully saturated rings. The molecule has 0 aromatic rings. The molecule has 4 N–H and O–H groups in total. The highest BCUT2D eigenvalue weighted by Crippen LogP contribution is 2.55. The van der Waals surface area contributed by atoms with Crippen LogP contribution in [0.25, 0.3) is 0 Å². The second-order valence-corrected chi connectivity index (χ2v) is 12.4. The Bertz CT molecular complexity index is 825. The van der Waals surface area contributed by atoms with Crippen molar-refractivity contribution in [3.05, 3.63) is 11.1 Å². The second-order valence-electron chi connectivity index (χ2n) is 12.4. The van der Waals surface area contributed by atoms with Gasteiger partial charge in [0.25, 0.3) is 0 Å². The summed E-state index contributed by atoms with van der Waals surface area (Å²) in [5, 5.41) is 20.3. The third-order valence-electron chi connectivity index (χ3n) is 9.93. The van der Waals surface area contributed by atoms with E-state index in [1.807, 2.05) is 7.05 Å². The Hall–Kier alpha value is -1.40. The van der Waals surface area contributed by atoms with Crippen LogP contribution in [0.2, 0.25) is 0 Å². The van der Waals surface area contributed by atoms with E-state index in [4.69, 9.17) is 10.4 Å². The molecule has 0 amide bonds. The number of nitrogens with one attached hydrogen (secondary N) is 4. The molecule has 4 rings (SSSR count). The van der Waals surface area contributed by atoms with E-state index in [9.17, 15) is 0 Å². The van der Waals surface area contributed by atoms with E-state index in [0.717, 1.165) is 38.2 Å². The van der Waals surface area contributed by atoms with Crippen LogP contribution in [0.3, 0.4) is 0 Å². The van der Waals surface area contributed by atoms with Crippen LogP contribution in [0.15, 0.2) is 16.1 Å². The molecule has 0 radical (unpaired) electrons. The predicted octanol–water partition coefficient (Wildman–Crippen LogP) is 4.33. The first kappa shape index (κ1) is 25.7. The number of likely N-dealkylation sites (N-methyl/N-ethyl adjacent to an activating group) is 1. The zero-order chi connectivity index (χ0) is 24.7. The molecular weight excluding hydrogens is 420 g/mol. The maximum absolute atomic E-state index is 9.05. The molecule has 0 aromatic heterocycles. The van der Waals surface area contributed by atoms with Gasteiger partial charge in [-0.2, -0.15) is 0 Å². The minimum atomic E-state index is -0.320. The molecule has 192 valence electrons. The van der Waals surface area contributed by atoms with E-state index < -0.39 is 0 Å². The highest BCUT2D eigenvalue weighted by atomic mass is 15.2. The highest BCUT2D eigenvalue weighted by Gasteiger charge is 2.48. The van der Waals surface area contributed by atoms with Gasteiger partial charge < -0.3 is 16.0 Å². The number of hydrogen-bond acceptors (Lipinski definition) is 4. The SMILES string of the molecule is CN=C(NC(C)[C@](C)(NC(=N)[C@@H]1C[C@H](C)CN1)C1=C(C)C2(CCCC2)CC1)[C@@H]1C[C@H](C)CN1C. The molecule has 6 nitrogen and oxygen atoms in total. The van der Waals surface area contributed by atoms with E-state index in [0.29, 0.717) is 29.1 Å². The van der Waals surface area contributed by atoms with Gasteiger partial charge in [-0.15, -0.1) is 0 Å². The summed E-state index contributed by atoms with van der Waals surface area (Å²) in [5.74, 6) is 3.06. The molecule has 2 aliphatic heterocycles. The van der Waals surface area contributed by atoms with Crippen LogP contribution >= 0.6 is 0 Å². The summed E-state index contributed by atoms with van der Waals surface area (Å²) < 4.78 is 0. The lowest BCUT2D eigenvalue weighted by atomic mass is 9.77. The van der Waals surface area contributed by atoms with Crippen molar-refractivity contribution in [2.75, 3.05) is 27.2 Å². The van der Waals surface area contributed by atoms with Crippen molar-refractivity contribution in [2.45, 2.75) is 110 Å². The van der Waals surface area contributed by atoms with Gasteiger partial charge in [0, 0.05) is 13.6 Å². The zero-order valence-corrected chi connectivity index (χ0v) is 22.9. The maximum Gasteiger partial charge on any atom is 0.114 e. The summed E-state index contributed by atoms with van der Waals surface area (Å²) in [6, 6.07) is 0.602. The molecule has 1 spiro atoms. The van der Waals surface area contributed by atoms with Crippen molar-refractivity contribution in [3.8, 4) is 0 Å². The second kappa shape index (κ2) is 9.93. The average Bonchev–Trinajstić information content (AvgIpc) is 3.57. The van der Waals surface area contributed by atoms with Gasteiger partial charge in [0.05, 0.1) is 23.7 Å². The van der Waals surface area contributed by atoms with Gasteiger partial charge in [0.2, 0.25) is 0 Å². The van der Waals surface area contributed by atoms with Crippen LogP contribution in [0, 0.1) is 22.7 Å². The Morgan fingerprint density at radius 3 is 2.47 bits per heavy atom. The Morgan fingerprint density at radius 1 is 1.21 bits per heavy atom. The standard InChI is InChI=1S/C28H50N6/c1-18-14-23(31-16-18)25(29)33-27(5,22-10-13-28(20(22)3)11-8-9-12-28)21(4)32-26(30-6)24-15-19(2)17-34(24)7/h18-19,21,23-24,31H,8-17H2,1-7H3,(H2,29,33)(H,30,32)/t18-,19-,21?,23-,24-,27-/m0/s1. The number of amidine groups is 2. The number of likely N-dealkylation sites (tertiary alicyclic amines) is 1. The Balaban J connectivity index is 1.62. The zero-order valence-electron chi connectivity index (χ0n) is 22.9. The Kier molecular flexibility index (Phi) is 7.50. The third kappa shape index (κ3) is 4.69. The molecule has 0 aromatic carbocycles. The van der Waals surface area contributed by atoms with Gasteiger partial charge in [-0.3, -0.25) is 15.3 Å². The van der Waals surface area contributed by atoms with Gasteiger partial charge in [-0.25, -0.2) is 0 Å². The van der Waals surface area contributed by atoms with Crippen LogP contribution in [0.4, 0.5) is 0 Å². The average molecular weight is 471 g/mol. The first-order valence-corrected chi connectivity index (χ1v) is 13.8. The summed E-state index contributed by atoms with van der Waals surface area (Å²) in [4.78, 5) is 7.19. The quantitative estimate of drug-likeness (QED) is 0.265. The fourth-order valence-corrected chi connectivity index (χ4v) is 7.58. The van der Waals surface area contributed by atoms with E-state index in [1.54, 1.807) is 5.57 Å². The fraction of sp³-hybridized carbons (Fsp3) is 0.857. The minimum Gasteiger partial charge on any atom is -0.367 e. The molecule has 4 aliphatic rings. The van der Waals surface area contributed by atoms with Crippen LogP contribution in [0.1, 0.15) is 86.0 Å². The molecule has 2 aliphatic carbocycles. The van der Waals surface area contributed by atoms with Crippen molar-refractivity contribution in [1.29, 1.82) is 5.41 Å². The maximum atomic E-state index is 9.05. The highest BCUT2D eigenvalue weighted by molar-refractivity contribution is 5.89. The van der Waals surface area contributed by atoms with Crippen LogP contribution in [-0.4, -0.2) is 67.4 Å². The molecule has 34 heavy (non-hydrogen) atoms. The number of hydrogen-bond donors (Lipinski definition) is 4. The summed E-state index contributed by atoms with van der Waals surface area (Å²) in [7, 11) is 4.15. The number of allylic oxidation sites excluding steroid dienone is 1. The molecule has 2 heterocycles. The molecule has 0 bridgehead atoms. The van der Waals surface area contributed by atoms with E-state index in [1.165, 1.54) is 37.7 Å². The fourth-order valence-electron chi connectivity index (χ4n) is 7.58. The summed E-state index contributed by atoms with van der Waals surface area (Å²) >= 11 is 0. The van der Waals surface area contributed by atoms with Crippen LogP contribution in [-0.2, 0) is 0 Å². The van der Waals surface area contributed by atoms with Gasteiger partial charge >= 0.3 is 0 Å². The van der Waals surface area contributed by atoms with Crippen molar-refractivity contribution >= 4 is 11.7 Å². The van der Waals surface area contributed by atoms with Crippen molar-refractivity contribution < 1.29 is 0 Å². The molecular formula is C28H50N6. The summed E-state index contributed by atoms with van der Waals surface area (Å²) in [6.45, 7) is 13.8. The van der Waals surface area contributed by atoms with Crippen molar-refractivity contribution in [2.24, 2.45) is 22.2 Å². The van der Waals surface area contributed by atoms with E-state index >= 15 is 0 Å². The molecule has 2 saturated heterocycles. The van der Waals surface area contributed by atoms with Crippen LogP contribution in [0.5, 0.6) is 0 Å². The number of nitrogens with zero attached hydrogens (tertiary/aromatic N) is 2. The monoisotopic (exact) mass is 470 g/mol. The summed E-state index contributed by atoms with van der Waals surface area (Å²) in [6.07, 6.45) is 10.0. The van der Waals surface area contributed by atoms with Gasteiger partial charge in [-0.05, 0) is 95.7 Å². The Labute approximate surface area is 208 Å². The largest absolute Gasteiger partial charge is 0.367 e. The van der Waals surface area contributed by atoms with Crippen molar-refractivity contribution in [1.82, 2.24) is 20.9 Å². The lowest BCUT2D eigenvalue weighted by molar-refractivity contribution is 0.340. The minimum absolute atomic E-state index is 0.121. The molecule has 6 heteroatoms. The van der Waals surface area contributed by atoms with E-state index in [2.05, 4.69) is 62.5 Å². The predicted molar refractivity (Wildman–Crippen MR) is 144 cm³/mol.